The number of carbonyl (C=O) groups excluding carboxylic acids is 1. The Morgan fingerprint density at radius 1 is 1.25 bits per heavy atom. The molecular formula is C21H27N5O4S2. The second-order valence-corrected chi connectivity index (χ2v) is 10.8. The molecule has 3 aromatic rings. The van der Waals surface area contributed by atoms with Crippen LogP contribution in [0.5, 0.6) is 0 Å². The van der Waals surface area contributed by atoms with Gasteiger partial charge in [-0.05, 0) is 40.3 Å². The van der Waals surface area contributed by atoms with Crippen molar-refractivity contribution >= 4 is 27.3 Å². The molecule has 0 aliphatic rings. The molecular weight excluding hydrogens is 450 g/mol. The molecule has 0 saturated carbocycles. The molecule has 0 bridgehead atoms. The molecule has 0 saturated heterocycles. The lowest BCUT2D eigenvalue weighted by Gasteiger charge is -2.11. The van der Waals surface area contributed by atoms with Gasteiger partial charge in [-0.25, -0.2) is 23.0 Å². The lowest BCUT2D eigenvalue weighted by atomic mass is 9.98. The third-order valence-electron chi connectivity index (χ3n) is 4.71. The molecule has 172 valence electrons. The topological polar surface area (TPSA) is 130 Å². The Labute approximate surface area is 191 Å². The van der Waals surface area contributed by atoms with Gasteiger partial charge in [-0.1, -0.05) is 51.5 Å². The highest BCUT2D eigenvalue weighted by molar-refractivity contribution is 7.91. The largest absolute Gasteiger partial charge is 0.462 e. The van der Waals surface area contributed by atoms with Crippen LogP contribution in [0.1, 0.15) is 54.4 Å². The van der Waals surface area contributed by atoms with Gasteiger partial charge < -0.3 is 4.74 Å². The van der Waals surface area contributed by atoms with E-state index in [-0.39, 0.29) is 22.3 Å². The van der Waals surface area contributed by atoms with Crippen molar-refractivity contribution in [3.8, 4) is 11.1 Å². The van der Waals surface area contributed by atoms with E-state index in [1.165, 1.54) is 6.33 Å². The number of thiophene rings is 1. The number of carbonyl (C=O) groups is 1. The highest BCUT2D eigenvalue weighted by Gasteiger charge is 2.30. The number of aromatic nitrogens is 4. The number of benzene rings is 1. The quantitative estimate of drug-likeness (QED) is 0.350. The summed E-state index contributed by atoms with van der Waals surface area (Å²) in [4.78, 5) is 13.7. The monoisotopic (exact) mass is 477 g/mol. The molecule has 11 heteroatoms. The Morgan fingerprint density at radius 3 is 2.53 bits per heavy atom. The molecule has 0 aliphatic heterocycles. The van der Waals surface area contributed by atoms with E-state index < -0.39 is 16.0 Å². The molecule has 0 unspecified atom stereocenters. The minimum atomic E-state index is -4.05. The predicted octanol–water partition coefficient (Wildman–Crippen LogP) is 3.25. The molecule has 3 rings (SSSR count). The lowest BCUT2D eigenvalue weighted by Crippen LogP contribution is -2.13. The van der Waals surface area contributed by atoms with Crippen molar-refractivity contribution in [3.63, 3.8) is 0 Å². The molecule has 0 aliphatic carbocycles. The van der Waals surface area contributed by atoms with Crippen molar-refractivity contribution in [2.45, 2.75) is 50.8 Å². The van der Waals surface area contributed by atoms with Crippen LogP contribution in [0.3, 0.4) is 0 Å². The van der Waals surface area contributed by atoms with Gasteiger partial charge in [-0.15, -0.1) is 16.4 Å². The summed E-state index contributed by atoms with van der Waals surface area (Å²) in [5, 5.41) is 16.6. The molecule has 2 aromatic heterocycles. The van der Waals surface area contributed by atoms with Crippen LogP contribution in [-0.4, -0.2) is 41.2 Å². The normalized spacial score (nSPS) is 11.8. The van der Waals surface area contributed by atoms with Crippen LogP contribution in [0.4, 0.5) is 0 Å². The van der Waals surface area contributed by atoms with Gasteiger partial charge in [0, 0.05) is 10.4 Å². The fourth-order valence-corrected chi connectivity index (χ4v) is 5.77. The average molecular weight is 478 g/mol. The summed E-state index contributed by atoms with van der Waals surface area (Å²) in [6.07, 6.45) is 3.67. The first kappa shape index (κ1) is 24.0. The van der Waals surface area contributed by atoms with Gasteiger partial charge in [-0.2, -0.15) is 0 Å². The zero-order valence-corrected chi connectivity index (χ0v) is 19.9. The van der Waals surface area contributed by atoms with Gasteiger partial charge in [0.1, 0.15) is 10.5 Å². The van der Waals surface area contributed by atoms with E-state index in [1.807, 2.05) is 32.9 Å². The van der Waals surface area contributed by atoms with E-state index in [9.17, 15) is 13.2 Å². The van der Waals surface area contributed by atoms with Crippen LogP contribution >= 0.6 is 11.3 Å². The van der Waals surface area contributed by atoms with E-state index in [0.29, 0.717) is 29.0 Å². The highest BCUT2D eigenvalue weighted by atomic mass is 32.2. The molecule has 2 N–H and O–H groups in total. The number of esters is 1. The Kier molecular flexibility index (Phi) is 7.75. The Bertz CT molecular complexity index is 1150. The van der Waals surface area contributed by atoms with Crippen LogP contribution in [-0.2, 0) is 27.7 Å². The van der Waals surface area contributed by atoms with Crippen molar-refractivity contribution in [2.24, 2.45) is 11.1 Å². The van der Waals surface area contributed by atoms with Crippen LogP contribution in [0.25, 0.3) is 11.1 Å². The van der Waals surface area contributed by atoms with E-state index in [0.717, 1.165) is 29.7 Å². The van der Waals surface area contributed by atoms with Crippen LogP contribution in [0.2, 0.25) is 0 Å². The zero-order chi connectivity index (χ0) is 23.3. The summed E-state index contributed by atoms with van der Waals surface area (Å²) < 4.78 is 31.9. The van der Waals surface area contributed by atoms with E-state index in [2.05, 4.69) is 15.5 Å². The Morgan fingerprint density at radius 2 is 1.97 bits per heavy atom. The highest BCUT2D eigenvalue weighted by Crippen LogP contribution is 2.41. The number of rotatable bonds is 10. The predicted molar refractivity (Wildman–Crippen MR) is 122 cm³/mol. The summed E-state index contributed by atoms with van der Waals surface area (Å²) in [6, 6.07) is 7.24. The SMILES string of the molecule is CCCCOC(=O)c1c(CC(C)C)sc(S(N)(=O)=O)c1-c1ccc(Cn2cnnn2)cc1. The Hall–Kier alpha value is -2.63. The van der Waals surface area contributed by atoms with Gasteiger partial charge >= 0.3 is 5.97 Å². The second-order valence-electron chi connectivity index (χ2n) is 7.90. The first-order chi connectivity index (χ1) is 15.2. The summed E-state index contributed by atoms with van der Waals surface area (Å²) in [5.74, 6) is -0.302. The molecule has 1 aromatic carbocycles. The average Bonchev–Trinajstić information content (AvgIpc) is 3.36. The van der Waals surface area contributed by atoms with Crippen molar-refractivity contribution in [2.75, 3.05) is 6.61 Å². The van der Waals surface area contributed by atoms with Gasteiger partial charge in [0.2, 0.25) is 10.0 Å². The van der Waals surface area contributed by atoms with Crippen molar-refractivity contribution in [1.82, 2.24) is 20.2 Å². The first-order valence-corrected chi connectivity index (χ1v) is 12.7. The maximum Gasteiger partial charge on any atom is 0.339 e. The number of hydrogen-bond acceptors (Lipinski definition) is 8. The second kappa shape index (κ2) is 10.3. The number of hydrogen-bond donors (Lipinski definition) is 1. The number of ether oxygens (including phenoxy) is 1. The number of primary sulfonamides is 1. The zero-order valence-electron chi connectivity index (χ0n) is 18.3. The summed E-state index contributed by atoms with van der Waals surface area (Å²) in [6.45, 7) is 6.76. The van der Waals surface area contributed by atoms with E-state index in [4.69, 9.17) is 9.88 Å². The molecule has 2 heterocycles. The van der Waals surface area contributed by atoms with Crippen LogP contribution < -0.4 is 5.14 Å². The summed E-state index contributed by atoms with van der Waals surface area (Å²) >= 11 is 1.05. The third-order valence-corrected chi connectivity index (χ3v) is 7.39. The summed E-state index contributed by atoms with van der Waals surface area (Å²) in [7, 11) is -4.05. The molecule has 0 spiro atoms. The molecule has 0 amide bonds. The van der Waals surface area contributed by atoms with E-state index >= 15 is 0 Å². The Balaban J connectivity index is 2.08. The minimum Gasteiger partial charge on any atom is -0.462 e. The number of sulfonamides is 1. The number of nitrogens with two attached hydrogens (primary N) is 1. The van der Waals surface area contributed by atoms with Crippen molar-refractivity contribution < 1.29 is 17.9 Å². The fourth-order valence-electron chi connectivity index (χ4n) is 3.25. The minimum absolute atomic E-state index is 0.0242. The van der Waals surface area contributed by atoms with Crippen molar-refractivity contribution in [1.29, 1.82) is 0 Å². The van der Waals surface area contributed by atoms with Gasteiger partial charge in [0.15, 0.2) is 0 Å². The number of unbranched alkanes of at least 4 members (excludes halogenated alkanes) is 1. The third kappa shape index (κ3) is 5.78. The van der Waals surface area contributed by atoms with Crippen LogP contribution in [0.15, 0.2) is 34.8 Å². The molecule has 32 heavy (non-hydrogen) atoms. The van der Waals surface area contributed by atoms with Crippen LogP contribution in [0, 0.1) is 5.92 Å². The number of tetrazole rings is 1. The van der Waals surface area contributed by atoms with E-state index in [1.54, 1.807) is 16.8 Å². The lowest BCUT2D eigenvalue weighted by molar-refractivity contribution is 0.0500. The maximum absolute atomic E-state index is 13.1. The number of nitrogens with zero attached hydrogens (tertiary/aromatic N) is 4. The smallest absolute Gasteiger partial charge is 0.339 e. The molecule has 0 atom stereocenters. The van der Waals surface area contributed by atoms with Crippen molar-refractivity contribution in [3.05, 3.63) is 46.6 Å². The van der Waals surface area contributed by atoms with Gasteiger partial charge in [-0.3, -0.25) is 0 Å². The first-order valence-electron chi connectivity index (χ1n) is 10.4. The fraction of sp³-hybridized carbons (Fsp3) is 0.429. The molecule has 0 fully saturated rings. The standard InChI is InChI=1S/C21H27N5O4S2/c1-4-5-10-30-20(27)19-17(11-14(2)3)31-21(32(22,28)29)18(19)16-8-6-15(7-9-16)12-26-13-23-24-25-26/h6-9,13-14H,4-5,10-12H2,1-3H3,(H2,22,28,29). The molecule has 9 nitrogen and oxygen atoms in total. The van der Waals surface area contributed by atoms with Gasteiger partial charge in [0.05, 0.1) is 18.7 Å². The maximum atomic E-state index is 13.1. The molecule has 0 radical (unpaired) electrons. The summed E-state index contributed by atoms with van der Waals surface area (Å²) in [5.41, 5.74) is 2.10. The van der Waals surface area contributed by atoms with Gasteiger partial charge in [0.25, 0.3) is 0 Å².